The summed E-state index contributed by atoms with van der Waals surface area (Å²) in [5.41, 5.74) is 4.95. The molecule has 0 amide bonds. The van der Waals surface area contributed by atoms with Crippen molar-refractivity contribution < 1.29 is 4.74 Å². The second-order valence-corrected chi connectivity index (χ2v) is 4.38. The number of aryl methyl sites for hydroxylation is 1. The number of hydrogen-bond acceptors (Lipinski definition) is 2. The van der Waals surface area contributed by atoms with E-state index in [0.717, 1.165) is 33.8 Å². The van der Waals surface area contributed by atoms with Crippen LogP contribution in [0.5, 0.6) is 5.75 Å². The van der Waals surface area contributed by atoms with Crippen molar-refractivity contribution in [1.29, 1.82) is 5.26 Å². The minimum atomic E-state index is 0.723. The fourth-order valence-corrected chi connectivity index (χ4v) is 2.13. The highest BCUT2D eigenvalue weighted by atomic mass is 16.5. The lowest BCUT2D eigenvalue weighted by molar-refractivity contribution is 0.412. The highest BCUT2D eigenvalue weighted by Crippen LogP contribution is 2.28. The summed E-state index contributed by atoms with van der Waals surface area (Å²) in [5, 5.41) is 9.06. The molecule has 3 heteroatoms. The molecule has 0 aliphatic rings. The first-order valence-corrected chi connectivity index (χ1v) is 5.80. The zero-order chi connectivity index (χ0) is 13.3. The summed E-state index contributed by atoms with van der Waals surface area (Å²) < 4.78 is 7.30. The summed E-state index contributed by atoms with van der Waals surface area (Å²) in [6.45, 7) is 3.97. The van der Waals surface area contributed by atoms with Gasteiger partial charge in [0.1, 0.15) is 11.8 Å². The summed E-state index contributed by atoms with van der Waals surface area (Å²) >= 11 is 0. The Balaban J connectivity index is 2.56. The second kappa shape index (κ2) is 4.58. The molecular formula is C15H16N2O. The van der Waals surface area contributed by atoms with Gasteiger partial charge in [-0.25, -0.2) is 0 Å². The molecule has 1 aromatic heterocycles. The third-order valence-corrected chi connectivity index (χ3v) is 3.35. The average molecular weight is 240 g/mol. The molecule has 2 rings (SSSR count). The lowest BCUT2D eigenvalue weighted by Crippen LogP contribution is -1.95. The van der Waals surface area contributed by atoms with Crippen molar-refractivity contribution in [3.63, 3.8) is 0 Å². The fraction of sp³-hybridized carbons (Fsp3) is 0.267. The first-order valence-electron chi connectivity index (χ1n) is 5.80. The topological polar surface area (TPSA) is 37.9 Å². The van der Waals surface area contributed by atoms with Gasteiger partial charge in [-0.3, -0.25) is 0 Å². The maximum absolute atomic E-state index is 9.06. The van der Waals surface area contributed by atoms with Crippen molar-refractivity contribution in [2.45, 2.75) is 13.8 Å². The SMILES string of the molecule is COc1ccc(-c2cc(C#N)c(C)n2C)cc1C. The van der Waals surface area contributed by atoms with Crippen molar-refractivity contribution in [3.05, 3.63) is 41.1 Å². The number of nitrogens with zero attached hydrogens (tertiary/aromatic N) is 2. The molecule has 0 radical (unpaired) electrons. The second-order valence-electron chi connectivity index (χ2n) is 4.38. The minimum absolute atomic E-state index is 0.723. The van der Waals surface area contributed by atoms with Gasteiger partial charge in [-0.2, -0.15) is 5.26 Å². The van der Waals surface area contributed by atoms with Crippen LogP contribution in [0.1, 0.15) is 16.8 Å². The van der Waals surface area contributed by atoms with Crippen LogP contribution in [0.4, 0.5) is 0 Å². The van der Waals surface area contributed by atoms with Gasteiger partial charge in [0.2, 0.25) is 0 Å². The molecule has 0 spiro atoms. The maximum atomic E-state index is 9.06. The molecule has 0 N–H and O–H groups in total. The van der Waals surface area contributed by atoms with Crippen LogP contribution in [0.25, 0.3) is 11.3 Å². The van der Waals surface area contributed by atoms with Crippen LogP contribution in [0.3, 0.4) is 0 Å². The highest BCUT2D eigenvalue weighted by Gasteiger charge is 2.11. The summed E-state index contributed by atoms with van der Waals surface area (Å²) in [6, 6.07) is 10.2. The number of hydrogen-bond donors (Lipinski definition) is 0. The molecule has 0 unspecified atom stereocenters. The van der Waals surface area contributed by atoms with E-state index in [-0.39, 0.29) is 0 Å². The summed E-state index contributed by atoms with van der Waals surface area (Å²) in [4.78, 5) is 0. The molecule has 3 nitrogen and oxygen atoms in total. The van der Waals surface area contributed by atoms with Crippen molar-refractivity contribution in [2.75, 3.05) is 7.11 Å². The van der Waals surface area contributed by atoms with Crippen LogP contribution in [0.15, 0.2) is 24.3 Å². The van der Waals surface area contributed by atoms with Crippen molar-refractivity contribution in [1.82, 2.24) is 4.57 Å². The maximum Gasteiger partial charge on any atom is 0.121 e. The summed E-state index contributed by atoms with van der Waals surface area (Å²) in [7, 11) is 3.65. The van der Waals surface area contributed by atoms with E-state index in [1.54, 1.807) is 7.11 Å². The van der Waals surface area contributed by atoms with Crippen LogP contribution in [0, 0.1) is 25.2 Å². The molecule has 1 aromatic carbocycles. The predicted molar refractivity (Wildman–Crippen MR) is 71.6 cm³/mol. The summed E-state index contributed by atoms with van der Waals surface area (Å²) in [5.74, 6) is 0.880. The van der Waals surface area contributed by atoms with E-state index in [2.05, 4.69) is 12.1 Å². The molecule has 0 aliphatic carbocycles. The number of nitriles is 1. The smallest absolute Gasteiger partial charge is 0.121 e. The quantitative estimate of drug-likeness (QED) is 0.808. The van der Waals surface area contributed by atoms with Gasteiger partial charge in [0.25, 0.3) is 0 Å². The van der Waals surface area contributed by atoms with Gasteiger partial charge in [-0.05, 0) is 49.2 Å². The first-order chi connectivity index (χ1) is 8.58. The third kappa shape index (κ3) is 1.86. The third-order valence-electron chi connectivity index (χ3n) is 3.35. The van der Waals surface area contributed by atoms with E-state index in [1.165, 1.54) is 0 Å². The molecule has 0 aliphatic heterocycles. The Morgan fingerprint density at radius 1 is 1.22 bits per heavy atom. The number of ether oxygens (including phenoxy) is 1. The Labute approximate surface area is 107 Å². The molecule has 1 heterocycles. The van der Waals surface area contributed by atoms with Crippen molar-refractivity contribution in [2.24, 2.45) is 7.05 Å². The number of methoxy groups -OCH3 is 1. The molecule has 92 valence electrons. The molecule has 18 heavy (non-hydrogen) atoms. The lowest BCUT2D eigenvalue weighted by atomic mass is 10.1. The largest absolute Gasteiger partial charge is 0.496 e. The van der Waals surface area contributed by atoms with Crippen LogP contribution in [-0.4, -0.2) is 11.7 Å². The monoisotopic (exact) mass is 240 g/mol. The van der Waals surface area contributed by atoms with E-state index >= 15 is 0 Å². The van der Waals surface area contributed by atoms with Gasteiger partial charge >= 0.3 is 0 Å². The lowest BCUT2D eigenvalue weighted by Gasteiger charge is -2.09. The molecule has 0 saturated heterocycles. The zero-order valence-corrected chi connectivity index (χ0v) is 11.1. The van der Waals surface area contributed by atoms with Crippen LogP contribution in [0.2, 0.25) is 0 Å². The number of aromatic nitrogens is 1. The van der Waals surface area contributed by atoms with E-state index in [9.17, 15) is 0 Å². The van der Waals surface area contributed by atoms with E-state index in [4.69, 9.17) is 10.00 Å². The Morgan fingerprint density at radius 2 is 1.94 bits per heavy atom. The summed E-state index contributed by atoms with van der Waals surface area (Å²) in [6.07, 6.45) is 0. The molecule has 0 bridgehead atoms. The van der Waals surface area contributed by atoms with Crippen LogP contribution < -0.4 is 4.74 Å². The van der Waals surface area contributed by atoms with Gasteiger partial charge < -0.3 is 9.30 Å². The normalized spacial score (nSPS) is 10.2. The Kier molecular flexibility index (Phi) is 3.12. The highest BCUT2D eigenvalue weighted by molar-refractivity contribution is 5.66. The van der Waals surface area contributed by atoms with E-state index in [0.29, 0.717) is 0 Å². The minimum Gasteiger partial charge on any atom is -0.496 e. The Morgan fingerprint density at radius 3 is 2.44 bits per heavy atom. The molecule has 0 atom stereocenters. The fourth-order valence-electron chi connectivity index (χ4n) is 2.13. The van der Waals surface area contributed by atoms with Crippen molar-refractivity contribution >= 4 is 0 Å². The standard InChI is InChI=1S/C15H16N2O/c1-10-7-12(5-6-15(10)18-4)14-8-13(9-16)11(2)17(14)3/h5-8H,1-4H3. The molecule has 2 aromatic rings. The molecule has 0 saturated carbocycles. The Bertz CT molecular complexity index is 633. The average Bonchev–Trinajstić information content (AvgIpc) is 2.66. The number of benzene rings is 1. The van der Waals surface area contributed by atoms with E-state index < -0.39 is 0 Å². The van der Waals surface area contributed by atoms with Crippen molar-refractivity contribution in [3.8, 4) is 23.1 Å². The first kappa shape index (κ1) is 12.3. The van der Waals surface area contributed by atoms with Gasteiger partial charge in [-0.15, -0.1) is 0 Å². The van der Waals surface area contributed by atoms with E-state index in [1.807, 2.05) is 43.7 Å². The van der Waals surface area contributed by atoms with Gasteiger partial charge in [-0.1, -0.05) is 0 Å². The van der Waals surface area contributed by atoms with Gasteiger partial charge in [0.05, 0.1) is 12.7 Å². The number of rotatable bonds is 2. The Hall–Kier alpha value is -2.21. The molecule has 0 fully saturated rings. The zero-order valence-electron chi connectivity index (χ0n) is 11.1. The van der Waals surface area contributed by atoms with Crippen LogP contribution in [-0.2, 0) is 7.05 Å². The molecular weight excluding hydrogens is 224 g/mol. The van der Waals surface area contributed by atoms with Gasteiger partial charge in [0.15, 0.2) is 0 Å². The van der Waals surface area contributed by atoms with Gasteiger partial charge in [0, 0.05) is 18.4 Å². The van der Waals surface area contributed by atoms with Crippen LogP contribution >= 0.6 is 0 Å². The predicted octanol–water partition coefficient (Wildman–Crippen LogP) is 3.19.